The summed E-state index contributed by atoms with van der Waals surface area (Å²) in [4.78, 5) is 0. The van der Waals surface area contributed by atoms with Gasteiger partial charge >= 0.3 is 51.4 Å². The summed E-state index contributed by atoms with van der Waals surface area (Å²) < 4.78 is 245. The number of benzene rings is 4. The summed E-state index contributed by atoms with van der Waals surface area (Å²) in [6.07, 6.45) is -6.26. The molecule has 18 heteroatoms. The van der Waals surface area contributed by atoms with Gasteiger partial charge in [-0.15, -0.1) is 21.9 Å². The number of halogens is 16. The Hall–Kier alpha value is -2.54. The van der Waals surface area contributed by atoms with Crippen LogP contribution in [0.15, 0.2) is 0 Å². The monoisotopic (exact) mass is 702 g/mol. The molecule has 0 saturated heterocycles. The van der Waals surface area contributed by atoms with Gasteiger partial charge in [-0.2, -0.15) is 0 Å². The SMILES string of the molecule is Cc1c(F)c(F)c(F)c([B-](c2c(F)c(C)c(F)c(F)c2F)(c2c(F)c(C)c(F)c(F)c2F)c2c(F)c(C)c(F)c(F)c2F)c1F.[K+]. The molecule has 0 nitrogen and oxygen atoms in total. The maximum Gasteiger partial charge on any atom is 1.00 e. The van der Waals surface area contributed by atoms with E-state index in [-0.39, 0.29) is 79.1 Å². The predicted molar refractivity (Wildman–Crippen MR) is 128 cm³/mol. The van der Waals surface area contributed by atoms with Crippen LogP contribution in [0.1, 0.15) is 22.3 Å². The molecule has 0 spiro atoms. The molecule has 0 amide bonds. The van der Waals surface area contributed by atoms with E-state index in [1.54, 1.807) is 0 Å². The quantitative estimate of drug-likeness (QED) is 0.132. The maximum absolute atomic E-state index is 16.0. The summed E-state index contributed by atoms with van der Waals surface area (Å²) in [5, 5.41) is 0. The fourth-order valence-electron chi connectivity index (χ4n) is 5.48. The van der Waals surface area contributed by atoms with E-state index < -0.39 is 143 Å². The molecular formula is C28H12BF16K. The van der Waals surface area contributed by atoms with Crippen molar-refractivity contribution in [3.05, 3.63) is 115 Å². The molecule has 0 fully saturated rings. The van der Waals surface area contributed by atoms with Crippen molar-refractivity contribution in [1.29, 1.82) is 0 Å². The molecule has 0 bridgehead atoms. The molecule has 0 N–H and O–H groups in total. The standard InChI is InChI=1S/C28H12BF16.K/c1-5-13(30)9(21(38)25(42)17(5)34)29(10-14(31)6(2)18(35)26(43)22(10)39,11-15(32)7(3)19(36)27(44)23(11)40)12-16(33)8(4)20(37)28(45)24(12)41;/h1-4H3;/q-1;+1. The van der Waals surface area contributed by atoms with Gasteiger partial charge in [0.2, 0.25) is 0 Å². The van der Waals surface area contributed by atoms with Gasteiger partial charge in [0.15, 0.2) is 46.5 Å². The van der Waals surface area contributed by atoms with Crippen molar-refractivity contribution < 1.29 is 122 Å². The molecule has 0 aromatic heterocycles. The summed E-state index contributed by atoms with van der Waals surface area (Å²) in [5.41, 5.74) is -17.8. The van der Waals surface area contributed by atoms with E-state index in [0.717, 1.165) is 0 Å². The van der Waals surface area contributed by atoms with Crippen LogP contribution in [-0.2, 0) is 0 Å². The Labute approximate surface area is 290 Å². The van der Waals surface area contributed by atoms with Crippen molar-refractivity contribution >= 4 is 28.0 Å². The zero-order valence-electron chi connectivity index (χ0n) is 23.6. The summed E-state index contributed by atoms with van der Waals surface area (Å²) >= 11 is 0. The Morgan fingerprint density at radius 1 is 0.239 bits per heavy atom. The molecule has 0 heterocycles. The summed E-state index contributed by atoms with van der Waals surface area (Å²) in [6, 6.07) is 0. The molecule has 4 aromatic carbocycles. The maximum atomic E-state index is 16.0. The van der Waals surface area contributed by atoms with Crippen molar-refractivity contribution in [2.45, 2.75) is 27.7 Å². The third-order valence-corrected chi connectivity index (χ3v) is 7.80. The molecule has 0 atom stereocenters. The van der Waals surface area contributed by atoms with Gasteiger partial charge in [-0.25, -0.2) is 70.2 Å². The Bertz CT molecular complexity index is 1570. The number of rotatable bonds is 4. The first kappa shape index (κ1) is 37.9. The van der Waals surface area contributed by atoms with Gasteiger partial charge in [-0.1, -0.05) is 0 Å². The van der Waals surface area contributed by atoms with Crippen molar-refractivity contribution in [3.63, 3.8) is 0 Å². The van der Waals surface area contributed by atoms with Crippen LogP contribution < -0.4 is 73.2 Å². The molecule has 240 valence electrons. The van der Waals surface area contributed by atoms with Crippen LogP contribution in [0, 0.1) is 121 Å². The first-order valence-corrected chi connectivity index (χ1v) is 12.2. The van der Waals surface area contributed by atoms with E-state index in [4.69, 9.17) is 0 Å². The smallest absolute Gasteiger partial charge is 0.210 e. The summed E-state index contributed by atoms with van der Waals surface area (Å²) in [7, 11) is 0. The summed E-state index contributed by atoms with van der Waals surface area (Å²) in [6.45, 7) is 0.973. The van der Waals surface area contributed by atoms with Crippen LogP contribution >= 0.6 is 0 Å². The van der Waals surface area contributed by atoms with Crippen LogP contribution in [0.5, 0.6) is 0 Å². The van der Waals surface area contributed by atoms with Crippen LogP contribution in [0.3, 0.4) is 0 Å². The minimum atomic E-state index is -6.26. The van der Waals surface area contributed by atoms with Crippen LogP contribution in [-0.4, -0.2) is 6.15 Å². The van der Waals surface area contributed by atoms with Gasteiger partial charge < -0.3 is 0 Å². The molecule has 46 heavy (non-hydrogen) atoms. The average Bonchev–Trinajstić information content (AvgIpc) is 3.00. The molecule has 4 aromatic rings. The molecular weight excluding hydrogens is 690 g/mol. The molecule has 0 saturated carbocycles. The van der Waals surface area contributed by atoms with E-state index in [1.165, 1.54) is 0 Å². The van der Waals surface area contributed by atoms with E-state index in [2.05, 4.69) is 0 Å². The van der Waals surface area contributed by atoms with Crippen molar-refractivity contribution in [2.24, 2.45) is 0 Å². The van der Waals surface area contributed by atoms with E-state index in [1.807, 2.05) is 0 Å². The molecule has 0 aliphatic heterocycles. The normalized spacial score (nSPS) is 11.7. The second kappa shape index (κ2) is 12.8. The Morgan fingerprint density at radius 3 is 0.543 bits per heavy atom. The van der Waals surface area contributed by atoms with Gasteiger partial charge in [-0.3, -0.25) is 0 Å². The van der Waals surface area contributed by atoms with Gasteiger partial charge in [0.1, 0.15) is 29.4 Å². The second-order valence-electron chi connectivity index (χ2n) is 10.0. The van der Waals surface area contributed by atoms with Crippen LogP contribution in [0.25, 0.3) is 0 Å². The Kier molecular flexibility index (Phi) is 10.6. The summed E-state index contributed by atoms with van der Waals surface area (Å²) in [5.74, 6) is -44.5. The van der Waals surface area contributed by atoms with Crippen molar-refractivity contribution in [3.8, 4) is 0 Å². The average molecular weight is 702 g/mol. The number of hydrogen-bond donors (Lipinski definition) is 0. The zero-order valence-corrected chi connectivity index (χ0v) is 26.7. The third-order valence-electron chi connectivity index (χ3n) is 7.80. The first-order valence-electron chi connectivity index (χ1n) is 12.2. The molecule has 0 unspecified atom stereocenters. The van der Waals surface area contributed by atoms with Gasteiger partial charge in [0, 0.05) is 22.3 Å². The van der Waals surface area contributed by atoms with Gasteiger partial charge in [-0.05, 0) is 27.7 Å². The van der Waals surface area contributed by atoms with Crippen molar-refractivity contribution in [1.82, 2.24) is 0 Å². The second-order valence-corrected chi connectivity index (χ2v) is 10.0. The van der Waals surface area contributed by atoms with Crippen LogP contribution in [0.2, 0.25) is 0 Å². The third kappa shape index (κ3) is 4.92. The molecule has 4 rings (SSSR count). The van der Waals surface area contributed by atoms with E-state index >= 15 is 35.1 Å². The first-order chi connectivity index (χ1) is 20.7. The Morgan fingerprint density at radius 2 is 0.391 bits per heavy atom. The van der Waals surface area contributed by atoms with E-state index in [0.29, 0.717) is 0 Å². The molecule has 0 aliphatic carbocycles. The number of hydrogen-bond acceptors (Lipinski definition) is 0. The molecule has 0 radical (unpaired) electrons. The largest absolute Gasteiger partial charge is 1.00 e. The fourth-order valence-corrected chi connectivity index (χ4v) is 5.48. The van der Waals surface area contributed by atoms with Crippen molar-refractivity contribution in [2.75, 3.05) is 0 Å². The fraction of sp³-hybridized carbons (Fsp3) is 0.143. The zero-order chi connectivity index (χ0) is 34.4. The predicted octanol–water partition coefficient (Wildman–Crippen LogP) is 3.53. The van der Waals surface area contributed by atoms with Gasteiger partial charge in [0.25, 0.3) is 0 Å². The van der Waals surface area contributed by atoms with Crippen LogP contribution in [0.4, 0.5) is 70.2 Å². The Balaban J connectivity index is 0.00000576. The van der Waals surface area contributed by atoms with Gasteiger partial charge in [0.05, 0.1) is 23.3 Å². The minimum Gasteiger partial charge on any atom is -0.210 e. The minimum absolute atomic E-state index is 0. The van der Waals surface area contributed by atoms with E-state index in [9.17, 15) is 35.1 Å². The molecule has 0 aliphatic rings. The topological polar surface area (TPSA) is 0 Å².